The number of anilines is 1. The molecule has 4 rings (SSSR count). The third kappa shape index (κ3) is 5.44. The monoisotopic (exact) mass is 429 g/mol. The summed E-state index contributed by atoms with van der Waals surface area (Å²) < 4.78 is 11.8. The SMILES string of the molecule is O=C(Nc1cc(Cl)ccc1Oc1ccccc1)c1ccccc1OCc1ccccc1. The van der Waals surface area contributed by atoms with Gasteiger partial charge in [0.15, 0.2) is 5.75 Å². The van der Waals surface area contributed by atoms with Gasteiger partial charge in [-0.25, -0.2) is 0 Å². The maximum Gasteiger partial charge on any atom is 0.259 e. The molecule has 0 spiro atoms. The van der Waals surface area contributed by atoms with Gasteiger partial charge in [-0.15, -0.1) is 0 Å². The summed E-state index contributed by atoms with van der Waals surface area (Å²) >= 11 is 6.17. The molecule has 1 amide bonds. The lowest BCUT2D eigenvalue weighted by molar-refractivity contribution is 0.102. The second kappa shape index (κ2) is 9.83. The van der Waals surface area contributed by atoms with Crippen molar-refractivity contribution in [1.29, 1.82) is 0 Å². The minimum Gasteiger partial charge on any atom is -0.488 e. The first kappa shape index (κ1) is 20.5. The van der Waals surface area contributed by atoms with E-state index in [1.54, 1.807) is 36.4 Å². The van der Waals surface area contributed by atoms with E-state index in [1.807, 2.05) is 66.7 Å². The summed E-state index contributed by atoms with van der Waals surface area (Å²) in [6, 6.07) is 31.4. The predicted octanol–water partition coefficient (Wildman–Crippen LogP) is 6.96. The molecule has 0 unspecified atom stereocenters. The third-order valence-electron chi connectivity index (χ3n) is 4.53. The van der Waals surface area contributed by atoms with E-state index in [-0.39, 0.29) is 5.91 Å². The summed E-state index contributed by atoms with van der Waals surface area (Å²) in [6.45, 7) is 0.366. The van der Waals surface area contributed by atoms with Gasteiger partial charge in [0.2, 0.25) is 0 Å². The standard InChI is InChI=1S/C26H20ClNO3/c27-20-15-16-25(31-21-11-5-2-6-12-21)23(17-20)28-26(29)22-13-7-8-14-24(22)30-18-19-9-3-1-4-10-19/h1-17H,18H2,(H,28,29). The molecular formula is C26H20ClNO3. The van der Waals surface area contributed by atoms with Crippen LogP contribution in [0.25, 0.3) is 0 Å². The number of amides is 1. The Labute approximate surface area is 186 Å². The number of nitrogens with one attached hydrogen (secondary N) is 1. The van der Waals surface area contributed by atoms with Crippen LogP contribution in [-0.2, 0) is 6.61 Å². The smallest absolute Gasteiger partial charge is 0.259 e. The molecule has 0 heterocycles. The zero-order valence-electron chi connectivity index (χ0n) is 16.6. The van der Waals surface area contributed by atoms with Gasteiger partial charge in [-0.1, -0.05) is 72.3 Å². The molecule has 0 atom stereocenters. The largest absolute Gasteiger partial charge is 0.488 e. The topological polar surface area (TPSA) is 47.6 Å². The van der Waals surface area contributed by atoms with Crippen molar-refractivity contribution < 1.29 is 14.3 Å². The first-order chi connectivity index (χ1) is 15.2. The van der Waals surface area contributed by atoms with Crippen LogP contribution < -0.4 is 14.8 Å². The molecule has 0 aliphatic carbocycles. The van der Waals surface area contributed by atoms with Crippen LogP contribution in [-0.4, -0.2) is 5.91 Å². The molecule has 1 N–H and O–H groups in total. The van der Waals surface area contributed by atoms with E-state index in [0.717, 1.165) is 5.56 Å². The molecular weight excluding hydrogens is 410 g/mol. The van der Waals surface area contributed by atoms with E-state index < -0.39 is 0 Å². The molecule has 0 aliphatic rings. The first-order valence-electron chi connectivity index (χ1n) is 9.78. The highest BCUT2D eigenvalue weighted by atomic mass is 35.5. The Hall–Kier alpha value is -3.76. The number of halogens is 1. The molecule has 0 bridgehead atoms. The van der Waals surface area contributed by atoms with E-state index in [0.29, 0.717) is 40.1 Å². The fraction of sp³-hybridized carbons (Fsp3) is 0.0385. The highest BCUT2D eigenvalue weighted by molar-refractivity contribution is 6.31. The summed E-state index contributed by atoms with van der Waals surface area (Å²) in [5.41, 5.74) is 1.91. The fourth-order valence-electron chi connectivity index (χ4n) is 3.01. The number of rotatable bonds is 7. The predicted molar refractivity (Wildman–Crippen MR) is 123 cm³/mol. The van der Waals surface area contributed by atoms with Gasteiger partial charge < -0.3 is 14.8 Å². The summed E-state index contributed by atoms with van der Waals surface area (Å²) in [6.07, 6.45) is 0. The average Bonchev–Trinajstić information content (AvgIpc) is 2.81. The summed E-state index contributed by atoms with van der Waals surface area (Å²) in [4.78, 5) is 13.1. The second-order valence-corrected chi connectivity index (χ2v) is 7.22. The van der Waals surface area contributed by atoms with Crippen molar-refractivity contribution in [3.63, 3.8) is 0 Å². The molecule has 154 valence electrons. The second-order valence-electron chi connectivity index (χ2n) is 6.78. The zero-order chi connectivity index (χ0) is 21.5. The Balaban J connectivity index is 1.54. The summed E-state index contributed by atoms with van der Waals surface area (Å²) in [5, 5.41) is 3.39. The van der Waals surface area contributed by atoms with Crippen molar-refractivity contribution in [3.8, 4) is 17.2 Å². The molecule has 0 aromatic heterocycles. The molecule has 0 radical (unpaired) electrons. The van der Waals surface area contributed by atoms with Gasteiger partial charge in [-0.3, -0.25) is 4.79 Å². The van der Waals surface area contributed by atoms with Gasteiger partial charge >= 0.3 is 0 Å². The Bertz CT molecular complexity index is 1160. The van der Waals surface area contributed by atoms with Crippen LogP contribution in [0.1, 0.15) is 15.9 Å². The maximum absolute atomic E-state index is 13.1. The molecule has 0 saturated heterocycles. The minimum atomic E-state index is -0.316. The van der Waals surface area contributed by atoms with Gasteiger partial charge in [0, 0.05) is 5.02 Å². The Morgan fingerprint density at radius 1 is 0.774 bits per heavy atom. The summed E-state index contributed by atoms with van der Waals surface area (Å²) in [7, 11) is 0. The number of para-hydroxylation sites is 2. The highest BCUT2D eigenvalue weighted by Crippen LogP contribution is 2.33. The number of benzene rings is 4. The zero-order valence-corrected chi connectivity index (χ0v) is 17.4. The molecule has 0 aliphatic heterocycles. The lowest BCUT2D eigenvalue weighted by Gasteiger charge is -2.15. The van der Waals surface area contributed by atoms with E-state index in [2.05, 4.69) is 5.32 Å². The van der Waals surface area contributed by atoms with Gasteiger partial charge in [0.05, 0.1) is 11.3 Å². The van der Waals surface area contributed by atoms with Gasteiger partial charge in [0.25, 0.3) is 5.91 Å². The molecule has 31 heavy (non-hydrogen) atoms. The summed E-state index contributed by atoms with van der Waals surface area (Å²) in [5.74, 6) is 1.33. The van der Waals surface area contributed by atoms with Crippen molar-refractivity contribution in [2.24, 2.45) is 0 Å². The number of carbonyl (C=O) groups excluding carboxylic acids is 1. The van der Waals surface area contributed by atoms with E-state index in [4.69, 9.17) is 21.1 Å². The van der Waals surface area contributed by atoms with Crippen molar-refractivity contribution in [2.75, 3.05) is 5.32 Å². The van der Waals surface area contributed by atoms with Crippen molar-refractivity contribution in [2.45, 2.75) is 6.61 Å². The lowest BCUT2D eigenvalue weighted by atomic mass is 10.1. The van der Waals surface area contributed by atoms with Crippen LogP contribution >= 0.6 is 11.6 Å². The Morgan fingerprint density at radius 3 is 2.23 bits per heavy atom. The molecule has 0 saturated carbocycles. The van der Waals surface area contributed by atoms with Crippen LogP contribution in [0, 0.1) is 0 Å². The highest BCUT2D eigenvalue weighted by Gasteiger charge is 2.15. The van der Waals surface area contributed by atoms with E-state index >= 15 is 0 Å². The molecule has 0 fully saturated rings. The number of carbonyl (C=O) groups is 1. The van der Waals surface area contributed by atoms with Gasteiger partial charge in [-0.2, -0.15) is 0 Å². The number of hydrogen-bond donors (Lipinski definition) is 1. The number of ether oxygens (including phenoxy) is 2. The maximum atomic E-state index is 13.1. The molecule has 4 aromatic carbocycles. The van der Waals surface area contributed by atoms with E-state index in [1.165, 1.54) is 0 Å². The van der Waals surface area contributed by atoms with Crippen LogP contribution in [0.4, 0.5) is 5.69 Å². The normalized spacial score (nSPS) is 10.4. The van der Waals surface area contributed by atoms with Crippen LogP contribution in [0.5, 0.6) is 17.2 Å². The Kier molecular flexibility index (Phi) is 6.50. The molecule has 4 nitrogen and oxygen atoms in total. The molecule has 5 heteroatoms. The first-order valence-corrected chi connectivity index (χ1v) is 10.2. The van der Waals surface area contributed by atoms with E-state index in [9.17, 15) is 4.79 Å². The fourth-order valence-corrected chi connectivity index (χ4v) is 3.18. The van der Waals surface area contributed by atoms with Gasteiger partial charge in [-0.05, 0) is 48.0 Å². The average molecular weight is 430 g/mol. The van der Waals surface area contributed by atoms with Crippen molar-refractivity contribution in [1.82, 2.24) is 0 Å². The van der Waals surface area contributed by atoms with Crippen molar-refractivity contribution >= 4 is 23.2 Å². The van der Waals surface area contributed by atoms with Crippen molar-refractivity contribution in [3.05, 3.63) is 119 Å². The quantitative estimate of drug-likeness (QED) is 0.345. The van der Waals surface area contributed by atoms with Gasteiger partial charge in [0.1, 0.15) is 18.1 Å². The molecule has 4 aromatic rings. The lowest BCUT2D eigenvalue weighted by Crippen LogP contribution is -2.14. The minimum absolute atomic E-state index is 0.316. The van der Waals surface area contributed by atoms with Crippen LogP contribution in [0.15, 0.2) is 103 Å². The van der Waals surface area contributed by atoms with Crippen LogP contribution in [0.2, 0.25) is 5.02 Å². The third-order valence-corrected chi connectivity index (χ3v) is 4.76. The number of hydrogen-bond acceptors (Lipinski definition) is 3. The Morgan fingerprint density at radius 2 is 1.45 bits per heavy atom. The van der Waals surface area contributed by atoms with Crippen LogP contribution in [0.3, 0.4) is 0 Å².